The molecule has 1 aliphatic rings. The van der Waals surface area contributed by atoms with Crippen molar-refractivity contribution in [1.82, 2.24) is 20.1 Å². The van der Waals surface area contributed by atoms with Crippen LogP contribution in [0.3, 0.4) is 0 Å². The molecule has 1 aromatic heterocycles. The van der Waals surface area contributed by atoms with Crippen LogP contribution in [0.4, 0.5) is 0 Å². The van der Waals surface area contributed by atoms with Crippen molar-refractivity contribution in [2.45, 2.75) is 25.7 Å². The van der Waals surface area contributed by atoms with Crippen molar-refractivity contribution in [1.29, 1.82) is 0 Å². The van der Waals surface area contributed by atoms with Crippen LogP contribution >= 0.6 is 0 Å². The first-order chi connectivity index (χ1) is 8.84. The Kier molecular flexibility index (Phi) is 3.11. The average Bonchev–Trinajstić information content (AvgIpc) is 2.89. The topological polar surface area (TPSA) is 42.7 Å². The van der Waals surface area contributed by atoms with E-state index in [9.17, 15) is 0 Å². The molecule has 0 radical (unpaired) electrons. The summed E-state index contributed by atoms with van der Waals surface area (Å²) in [5, 5.41) is 11.8. The summed E-state index contributed by atoms with van der Waals surface area (Å²) in [6.45, 7) is 4.26. The van der Waals surface area contributed by atoms with Gasteiger partial charge in [0.1, 0.15) is 12.2 Å². The Balaban J connectivity index is 1.95. The van der Waals surface area contributed by atoms with Gasteiger partial charge in [0.05, 0.1) is 0 Å². The first-order valence-corrected chi connectivity index (χ1v) is 6.52. The third-order valence-electron chi connectivity index (χ3n) is 3.56. The molecule has 1 fully saturated rings. The number of benzene rings is 1. The van der Waals surface area contributed by atoms with Crippen LogP contribution in [0, 0.1) is 6.92 Å². The molecule has 0 aliphatic carbocycles. The molecule has 0 amide bonds. The standard InChI is InChI=1S/C14H18N4/c1-11-3-2-4-13(9-11)18-10-16-17-14(18)12-5-7-15-8-6-12/h2-4,9-10,12,15H,5-8H2,1H3. The second-order valence-electron chi connectivity index (χ2n) is 4.92. The summed E-state index contributed by atoms with van der Waals surface area (Å²) in [7, 11) is 0. The van der Waals surface area contributed by atoms with E-state index in [-0.39, 0.29) is 0 Å². The molecule has 94 valence electrons. The van der Waals surface area contributed by atoms with Crippen molar-refractivity contribution in [3.8, 4) is 5.69 Å². The highest BCUT2D eigenvalue weighted by atomic mass is 15.3. The molecular formula is C14H18N4. The van der Waals surface area contributed by atoms with E-state index >= 15 is 0 Å². The summed E-state index contributed by atoms with van der Waals surface area (Å²) >= 11 is 0. The summed E-state index contributed by atoms with van der Waals surface area (Å²) in [4.78, 5) is 0. The lowest BCUT2D eigenvalue weighted by Gasteiger charge is -2.22. The lowest BCUT2D eigenvalue weighted by atomic mass is 9.97. The fourth-order valence-electron chi connectivity index (χ4n) is 2.58. The first-order valence-electron chi connectivity index (χ1n) is 6.52. The van der Waals surface area contributed by atoms with E-state index in [1.807, 2.05) is 6.33 Å². The molecule has 4 heteroatoms. The largest absolute Gasteiger partial charge is 0.317 e. The van der Waals surface area contributed by atoms with E-state index in [4.69, 9.17) is 0 Å². The molecule has 0 bridgehead atoms. The van der Waals surface area contributed by atoms with Gasteiger partial charge in [-0.05, 0) is 50.6 Å². The van der Waals surface area contributed by atoms with E-state index in [1.165, 1.54) is 5.56 Å². The van der Waals surface area contributed by atoms with Gasteiger partial charge < -0.3 is 5.32 Å². The second-order valence-corrected chi connectivity index (χ2v) is 4.92. The number of aromatic nitrogens is 3. The molecule has 18 heavy (non-hydrogen) atoms. The fraction of sp³-hybridized carbons (Fsp3) is 0.429. The lowest BCUT2D eigenvalue weighted by molar-refractivity contribution is 0.440. The van der Waals surface area contributed by atoms with Gasteiger partial charge in [-0.25, -0.2) is 0 Å². The van der Waals surface area contributed by atoms with Crippen LogP contribution in [-0.2, 0) is 0 Å². The highest BCUT2D eigenvalue weighted by Crippen LogP contribution is 2.25. The molecule has 2 aromatic rings. The Labute approximate surface area is 107 Å². The monoisotopic (exact) mass is 242 g/mol. The summed E-state index contributed by atoms with van der Waals surface area (Å²) in [5.74, 6) is 1.62. The molecule has 0 saturated carbocycles. The molecule has 4 nitrogen and oxygen atoms in total. The van der Waals surface area contributed by atoms with Gasteiger partial charge in [0.25, 0.3) is 0 Å². The molecule has 3 rings (SSSR count). The summed E-state index contributed by atoms with van der Waals surface area (Å²) in [5.41, 5.74) is 2.42. The van der Waals surface area contributed by atoms with Crippen molar-refractivity contribution >= 4 is 0 Å². The fourth-order valence-corrected chi connectivity index (χ4v) is 2.58. The van der Waals surface area contributed by atoms with Crippen LogP contribution < -0.4 is 5.32 Å². The smallest absolute Gasteiger partial charge is 0.140 e. The van der Waals surface area contributed by atoms with Gasteiger partial charge >= 0.3 is 0 Å². The number of nitrogens with one attached hydrogen (secondary N) is 1. The number of hydrogen-bond donors (Lipinski definition) is 1. The van der Waals surface area contributed by atoms with Crippen LogP contribution in [0.25, 0.3) is 5.69 Å². The van der Waals surface area contributed by atoms with Gasteiger partial charge in [-0.15, -0.1) is 10.2 Å². The minimum atomic E-state index is 0.522. The van der Waals surface area contributed by atoms with Gasteiger partial charge in [-0.2, -0.15) is 0 Å². The van der Waals surface area contributed by atoms with E-state index in [2.05, 4.69) is 51.3 Å². The number of nitrogens with zero attached hydrogens (tertiary/aromatic N) is 3. The molecule has 0 spiro atoms. The lowest BCUT2D eigenvalue weighted by Crippen LogP contribution is -2.28. The minimum Gasteiger partial charge on any atom is -0.317 e. The number of rotatable bonds is 2. The first kappa shape index (κ1) is 11.4. The van der Waals surface area contributed by atoms with Gasteiger partial charge in [0.2, 0.25) is 0 Å². The SMILES string of the molecule is Cc1cccc(-n2cnnc2C2CCNCC2)c1. The molecule has 1 aliphatic heterocycles. The Morgan fingerprint density at radius 2 is 2.11 bits per heavy atom. The van der Waals surface area contributed by atoms with E-state index < -0.39 is 0 Å². The maximum absolute atomic E-state index is 4.33. The van der Waals surface area contributed by atoms with Crippen LogP contribution in [0.1, 0.15) is 30.1 Å². The molecule has 0 unspecified atom stereocenters. The Morgan fingerprint density at radius 3 is 2.89 bits per heavy atom. The zero-order valence-corrected chi connectivity index (χ0v) is 10.6. The van der Waals surface area contributed by atoms with Gasteiger partial charge in [0, 0.05) is 11.6 Å². The number of aryl methyl sites for hydroxylation is 1. The number of hydrogen-bond acceptors (Lipinski definition) is 3. The van der Waals surface area contributed by atoms with E-state index in [1.54, 1.807) is 0 Å². The van der Waals surface area contributed by atoms with Crippen LogP contribution in [0.5, 0.6) is 0 Å². The molecule has 0 atom stereocenters. The highest BCUT2D eigenvalue weighted by molar-refractivity contribution is 5.36. The highest BCUT2D eigenvalue weighted by Gasteiger charge is 2.20. The van der Waals surface area contributed by atoms with Crippen molar-refractivity contribution in [3.63, 3.8) is 0 Å². The summed E-state index contributed by atoms with van der Waals surface area (Å²) in [6.07, 6.45) is 4.11. The van der Waals surface area contributed by atoms with Crippen molar-refractivity contribution < 1.29 is 0 Å². The molecule has 1 N–H and O–H groups in total. The van der Waals surface area contributed by atoms with Crippen LogP contribution in [-0.4, -0.2) is 27.9 Å². The van der Waals surface area contributed by atoms with E-state index in [0.29, 0.717) is 5.92 Å². The van der Waals surface area contributed by atoms with Crippen LogP contribution in [0.15, 0.2) is 30.6 Å². The number of piperidine rings is 1. The summed E-state index contributed by atoms with van der Waals surface area (Å²) < 4.78 is 2.13. The van der Waals surface area contributed by atoms with Crippen molar-refractivity contribution in [2.24, 2.45) is 0 Å². The maximum Gasteiger partial charge on any atom is 0.140 e. The Hall–Kier alpha value is -1.68. The third kappa shape index (κ3) is 2.16. The zero-order valence-electron chi connectivity index (χ0n) is 10.6. The molecular weight excluding hydrogens is 224 g/mol. The van der Waals surface area contributed by atoms with Gasteiger partial charge in [0.15, 0.2) is 0 Å². The maximum atomic E-state index is 4.33. The average molecular weight is 242 g/mol. The van der Waals surface area contributed by atoms with E-state index in [0.717, 1.165) is 37.4 Å². The second kappa shape index (κ2) is 4.90. The van der Waals surface area contributed by atoms with Crippen molar-refractivity contribution in [2.75, 3.05) is 13.1 Å². The predicted octanol–water partition coefficient (Wildman–Crippen LogP) is 2.04. The molecule has 2 heterocycles. The normalized spacial score (nSPS) is 16.9. The molecule has 1 aromatic carbocycles. The zero-order chi connectivity index (χ0) is 12.4. The van der Waals surface area contributed by atoms with Gasteiger partial charge in [-0.3, -0.25) is 4.57 Å². The predicted molar refractivity (Wildman–Crippen MR) is 70.9 cm³/mol. The quantitative estimate of drug-likeness (QED) is 0.876. The third-order valence-corrected chi connectivity index (χ3v) is 3.56. The minimum absolute atomic E-state index is 0.522. The Morgan fingerprint density at radius 1 is 1.28 bits per heavy atom. The Bertz CT molecular complexity index is 526. The van der Waals surface area contributed by atoms with Crippen LogP contribution in [0.2, 0.25) is 0 Å². The van der Waals surface area contributed by atoms with Crippen molar-refractivity contribution in [3.05, 3.63) is 42.0 Å². The van der Waals surface area contributed by atoms with Gasteiger partial charge in [-0.1, -0.05) is 12.1 Å². The molecule has 1 saturated heterocycles. The summed E-state index contributed by atoms with van der Waals surface area (Å²) in [6, 6.07) is 8.48.